The lowest BCUT2D eigenvalue weighted by Gasteiger charge is -2.56. The molecule has 1 aliphatic heterocycles. The Labute approximate surface area is 144 Å². The van der Waals surface area contributed by atoms with Crippen molar-refractivity contribution in [3.05, 3.63) is 11.6 Å². The number of aliphatic hydroxyl groups is 1. The molecule has 132 valence electrons. The fraction of sp³-hybridized carbons (Fsp3) is 0.857. The lowest BCUT2D eigenvalue weighted by Crippen LogP contribution is -2.53. The Hall–Kier alpha value is -0.670. The zero-order valence-corrected chi connectivity index (χ0v) is 15.0. The molecule has 24 heavy (non-hydrogen) atoms. The van der Waals surface area contributed by atoms with E-state index in [0.29, 0.717) is 41.7 Å². The first-order valence-electron chi connectivity index (χ1n) is 10.0. The third kappa shape index (κ3) is 1.83. The van der Waals surface area contributed by atoms with E-state index in [1.807, 2.05) is 6.08 Å². The standard InChI is InChI=1S/C21H30O3/c1-20-9-6-15-17(14(20)4-3-12(20)7-10-22)19-18(24-19)16-11-13(23)5-8-21(15,16)2/h11-12,14-15,17-19,22H,3-10H2,1-2H3. The quantitative estimate of drug-likeness (QED) is 0.788. The summed E-state index contributed by atoms with van der Waals surface area (Å²) in [5.41, 5.74) is 1.91. The van der Waals surface area contributed by atoms with Crippen molar-refractivity contribution in [2.45, 2.75) is 71.0 Å². The van der Waals surface area contributed by atoms with Crippen molar-refractivity contribution in [2.75, 3.05) is 6.61 Å². The zero-order chi connectivity index (χ0) is 16.7. The summed E-state index contributed by atoms with van der Waals surface area (Å²) < 4.78 is 6.21. The van der Waals surface area contributed by atoms with Gasteiger partial charge in [0.05, 0.1) is 6.10 Å². The molecule has 8 atom stereocenters. The average molecular weight is 330 g/mol. The van der Waals surface area contributed by atoms with Gasteiger partial charge in [-0.3, -0.25) is 4.79 Å². The van der Waals surface area contributed by atoms with Gasteiger partial charge in [-0.25, -0.2) is 0 Å². The summed E-state index contributed by atoms with van der Waals surface area (Å²) in [5.74, 6) is 3.10. The molecule has 8 unspecified atom stereocenters. The molecule has 4 fully saturated rings. The number of rotatable bonds is 2. The average Bonchev–Trinajstić information content (AvgIpc) is 3.27. The predicted molar refractivity (Wildman–Crippen MR) is 91.3 cm³/mol. The number of carbonyl (C=O) groups is 1. The number of hydrogen-bond donors (Lipinski definition) is 1. The van der Waals surface area contributed by atoms with Crippen molar-refractivity contribution in [1.29, 1.82) is 0 Å². The molecule has 0 aromatic carbocycles. The van der Waals surface area contributed by atoms with Gasteiger partial charge in [0.25, 0.3) is 0 Å². The number of carbonyl (C=O) groups excluding carboxylic acids is 1. The van der Waals surface area contributed by atoms with E-state index in [9.17, 15) is 9.90 Å². The number of ketones is 1. The zero-order valence-electron chi connectivity index (χ0n) is 15.0. The topological polar surface area (TPSA) is 49.8 Å². The van der Waals surface area contributed by atoms with Gasteiger partial charge >= 0.3 is 0 Å². The van der Waals surface area contributed by atoms with E-state index >= 15 is 0 Å². The summed E-state index contributed by atoms with van der Waals surface area (Å²) in [6, 6.07) is 0. The maximum Gasteiger partial charge on any atom is 0.155 e. The molecule has 4 aliphatic carbocycles. The first kappa shape index (κ1) is 15.6. The SMILES string of the molecule is CC12CCC(=O)C=C1C1OC1C1C2CCC2(C)C(CCO)CCC12. The molecule has 1 N–H and O–H groups in total. The number of hydrogen-bond acceptors (Lipinski definition) is 3. The van der Waals surface area contributed by atoms with Crippen LogP contribution in [0, 0.1) is 34.5 Å². The van der Waals surface area contributed by atoms with Gasteiger partial charge < -0.3 is 9.84 Å². The lowest BCUT2D eigenvalue weighted by atomic mass is 9.47. The van der Waals surface area contributed by atoms with Crippen LogP contribution < -0.4 is 0 Å². The lowest BCUT2D eigenvalue weighted by molar-refractivity contribution is -0.117. The molecule has 3 nitrogen and oxygen atoms in total. The van der Waals surface area contributed by atoms with Crippen LogP contribution in [-0.2, 0) is 9.53 Å². The van der Waals surface area contributed by atoms with E-state index in [-0.39, 0.29) is 11.5 Å². The molecule has 1 saturated heterocycles. The number of fused-ring (bicyclic) bond motifs is 8. The summed E-state index contributed by atoms with van der Waals surface area (Å²) in [6.07, 6.45) is 10.4. The number of aliphatic hydroxyl groups excluding tert-OH is 1. The summed E-state index contributed by atoms with van der Waals surface area (Å²) in [6.45, 7) is 5.25. The van der Waals surface area contributed by atoms with Crippen LogP contribution in [0.15, 0.2) is 11.6 Å². The summed E-state index contributed by atoms with van der Waals surface area (Å²) >= 11 is 0. The van der Waals surface area contributed by atoms with Crippen LogP contribution in [0.3, 0.4) is 0 Å². The first-order chi connectivity index (χ1) is 11.5. The molecule has 3 saturated carbocycles. The van der Waals surface area contributed by atoms with E-state index in [0.717, 1.165) is 25.2 Å². The van der Waals surface area contributed by atoms with Crippen molar-refractivity contribution >= 4 is 5.78 Å². The maximum atomic E-state index is 12.0. The molecule has 0 bridgehead atoms. The Morgan fingerprint density at radius 3 is 2.83 bits per heavy atom. The second-order valence-electron chi connectivity index (χ2n) is 9.63. The monoisotopic (exact) mass is 330 g/mol. The Morgan fingerprint density at radius 1 is 1.21 bits per heavy atom. The third-order valence-electron chi connectivity index (χ3n) is 8.90. The highest BCUT2D eigenvalue weighted by Gasteiger charge is 2.68. The second-order valence-corrected chi connectivity index (χ2v) is 9.63. The van der Waals surface area contributed by atoms with E-state index in [2.05, 4.69) is 13.8 Å². The van der Waals surface area contributed by atoms with E-state index in [1.54, 1.807) is 0 Å². The highest BCUT2D eigenvalue weighted by Crippen LogP contribution is 2.70. The molecule has 0 aromatic heterocycles. The van der Waals surface area contributed by atoms with Gasteiger partial charge in [0.1, 0.15) is 6.10 Å². The predicted octanol–water partition coefficient (Wildman–Crippen LogP) is 3.50. The fourth-order valence-corrected chi connectivity index (χ4v) is 7.55. The minimum absolute atomic E-state index is 0.187. The van der Waals surface area contributed by atoms with Crippen molar-refractivity contribution in [3.63, 3.8) is 0 Å². The Kier molecular flexibility index (Phi) is 3.21. The van der Waals surface area contributed by atoms with Gasteiger partial charge in [0.2, 0.25) is 0 Å². The Bertz CT molecular complexity index is 610. The minimum atomic E-state index is 0.187. The van der Waals surface area contributed by atoms with E-state index in [4.69, 9.17) is 4.74 Å². The highest BCUT2D eigenvalue weighted by atomic mass is 16.6. The van der Waals surface area contributed by atoms with Gasteiger partial charge in [0, 0.05) is 13.0 Å². The van der Waals surface area contributed by atoms with Gasteiger partial charge in [-0.2, -0.15) is 0 Å². The maximum absolute atomic E-state index is 12.0. The van der Waals surface area contributed by atoms with Crippen LogP contribution in [0.25, 0.3) is 0 Å². The largest absolute Gasteiger partial charge is 0.396 e. The summed E-state index contributed by atoms with van der Waals surface area (Å²) in [4.78, 5) is 12.0. The van der Waals surface area contributed by atoms with Crippen LogP contribution in [-0.4, -0.2) is 29.7 Å². The van der Waals surface area contributed by atoms with E-state index < -0.39 is 0 Å². The van der Waals surface area contributed by atoms with Gasteiger partial charge in [-0.05, 0) is 84.7 Å². The van der Waals surface area contributed by atoms with Gasteiger partial charge in [-0.15, -0.1) is 0 Å². The Morgan fingerprint density at radius 2 is 2.04 bits per heavy atom. The van der Waals surface area contributed by atoms with Crippen molar-refractivity contribution in [2.24, 2.45) is 34.5 Å². The molecule has 0 aromatic rings. The van der Waals surface area contributed by atoms with Crippen LogP contribution in [0.4, 0.5) is 0 Å². The molecule has 0 spiro atoms. The number of epoxide rings is 1. The smallest absolute Gasteiger partial charge is 0.155 e. The Balaban J connectivity index is 1.51. The highest BCUT2D eigenvalue weighted by molar-refractivity contribution is 5.92. The normalized spacial score (nSPS) is 55.1. The third-order valence-corrected chi connectivity index (χ3v) is 8.90. The molecule has 0 radical (unpaired) electrons. The minimum Gasteiger partial charge on any atom is -0.396 e. The van der Waals surface area contributed by atoms with Crippen molar-refractivity contribution in [3.8, 4) is 0 Å². The summed E-state index contributed by atoms with van der Waals surface area (Å²) in [5, 5.41) is 9.48. The van der Waals surface area contributed by atoms with Crippen LogP contribution >= 0.6 is 0 Å². The van der Waals surface area contributed by atoms with Gasteiger partial charge in [0.15, 0.2) is 5.78 Å². The molecular weight excluding hydrogens is 300 g/mol. The van der Waals surface area contributed by atoms with Crippen molar-refractivity contribution in [1.82, 2.24) is 0 Å². The van der Waals surface area contributed by atoms with Crippen LogP contribution in [0.2, 0.25) is 0 Å². The molecular formula is C21H30O3. The molecule has 0 amide bonds. The second kappa shape index (κ2) is 4.94. The van der Waals surface area contributed by atoms with Crippen molar-refractivity contribution < 1.29 is 14.6 Å². The first-order valence-corrected chi connectivity index (χ1v) is 10.0. The molecule has 3 heteroatoms. The van der Waals surface area contributed by atoms with Crippen LogP contribution in [0.5, 0.6) is 0 Å². The summed E-state index contributed by atoms with van der Waals surface area (Å²) in [7, 11) is 0. The molecule has 5 rings (SSSR count). The molecule has 1 heterocycles. The fourth-order valence-electron chi connectivity index (χ4n) is 7.55. The van der Waals surface area contributed by atoms with Crippen LogP contribution in [0.1, 0.15) is 58.8 Å². The van der Waals surface area contributed by atoms with E-state index in [1.165, 1.54) is 31.3 Å². The van der Waals surface area contributed by atoms with Gasteiger partial charge in [-0.1, -0.05) is 13.8 Å². The number of ether oxygens (including phenoxy) is 1. The molecule has 5 aliphatic rings.